The Morgan fingerprint density at radius 3 is 2.52 bits per heavy atom. The predicted octanol–water partition coefficient (Wildman–Crippen LogP) is 4.24. The van der Waals surface area contributed by atoms with Gasteiger partial charge in [0.2, 0.25) is 5.91 Å². The molecule has 1 saturated heterocycles. The number of amides is 3. The molecule has 1 N–H and O–H groups in total. The van der Waals surface area contributed by atoms with E-state index in [4.69, 9.17) is 4.74 Å². The summed E-state index contributed by atoms with van der Waals surface area (Å²) in [6.07, 6.45) is 2.44. The van der Waals surface area contributed by atoms with E-state index in [1.165, 1.54) is 7.11 Å². The molecule has 0 radical (unpaired) electrons. The maximum Gasteiger partial charge on any atom is 0.343 e. The highest BCUT2D eigenvalue weighted by atomic mass is 79.9. The Morgan fingerprint density at radius 1 is 1.15 bits per heavy atom. The van der Waals surface area contributed by atoms with Crippen molar-refractivity contribution in [2.45, 2.75) is 13.3 Å². The number of esters is 1. The van der Waals surface area contributed by atoms with Crippen LogP contribution in [0.1, 0.15) is 18.1 Å². The Hall–Kier alpha value is -3.11. The van der Waals surface area contributed by atoms with Gasteiger partial charge in [0.1, 0.15) is 12.3 Å². The highest BCUT2D eigenvalue weighted by Gasteiger charge is 2.36. The van der Waals surface area contributed by atoms with E-state index in [0.717, 1.165) is 28.6 Å². The highest BCUT2D eigenvalue weighted by molar-refractivity contribution is 9.10. The lowest BCUT2D eigenvalue weighted by Crippen LogP contribution is -2.36. The van der Waals surface area contributed by atoms with Gasteiger partial charge >= 0.3 is 5.97 Å². The minimum absolute atomic E-state index is 0.204. The van der Waals surface area contributed by atoms with Gasteiger partial charge in [-0.15, -0.1) is 0 Å². The number of rotatable bonds is 8. The summed E-state index contributed by atoms with van der Waals surface area (Å²) in [4.78, 5) is 49.7. The molecule has 0 bridgehead atoms. The van der Waals surface area contributed by atoms with Gasteiger partial charge in [-0.25, -0.2) is 4.79 Å². The van der Waals surface area contributed by atoms with Crippen molar-refractivity contribution in [3.05, 3.63) is 63.0 Å². The van der Waals surface area contributed by atoms with Crippen molar-refractivity contribution in [3.8, 4) is 5.75 Å². The number of nitrogens with one attached hydrogen (secondary N) is 1. The summed E-state index contributed by atoms with van der Waals surface area (Å²) in [6.45, 7) is 1.42. The highest BCUT2D eigenvalue weighted by Crippen LogP contribution is 2.33. The molecule has 2 aromatic rings. The maximum atomic E-state index is 12.7. The van der Waals surface area contributed by atoms with Crippen LogP contribution in [-0.2, 0) is 25.5 Å². The number of hydrogen-bond donors (Lipinski definition) is 1. The van der Waals surface area contributed by atoms with E-state index in [1.54, 1.807) is 36.4 Å². The van der Waals surface area contributed by atoms with Crippen molar-refractivity contribution in [2.24, 2.45) is 0 Å². The van der Waals surface area contributed by atoms with E-state index in [0.29, 0.717) is 21.5 Å². The first kappa shape index (κ1) is 24.5. The molecule has 0 aromatic heterocycles. The maximum absolute atomic E-state index is 12.7. The molecule has 172 valence electrons. The molecule has 1 aliphatic rings. The average molecular weight is 533 g/mol. The van der Waals surface area contributed by atoms with Gasteiger partial charge in [0.15, 0.2) is 6.61 Å². The molecule has 0 aliphatic carbocycles. The number of aryl methyl sites for hydroxylation is 1. The summed E-state index contributed by atoms with van der Waals surface area (Å²) in [5.74, 6) is -1.09. The van der Waals surface area contributed by atoms with Crippen LogP contribution in [0, 0.1) is 0 Å². The fourth-order valence-corrected chi connectivity index (χ4v) is 4.22. The van der Waals surface area contributed by atoms with Gasteiger partial charge in [0.25, 0.3) is 11.1 Å². The van der Waals surface area contributed by atoms with Crippen molar-refractivity contribution >= 4 is 62.5 Å². The first-order valence-corrected chi connectivity index (χ1v) is 11.5. The van der Waals surface area contributed by atoms with Crippen LogP contribution in [0.15, 0.2) is 51.8 Å². The zero-order valence-electron chi connectivity index (χ0n) is 17.9. The average Bonchev–Trinajstić information content (AvgIpc) is 3.06. The third-order valence-corrected chi connectivity index (χ3v) is 6.18. The summed E-state index contributed by atoms with van der Waals surface area (Å²) >= 11 is 4.12. The number of carbonyl (C=O) groups is 4. The summed E-state index contributed by atoms with van der Waals surface area (Å²) in [6, 6.07) is 12.4. The number of ether oxygens (including phenoxy) is 2. The fourth-order valence-electron chi connectivity index (χ4n) is 2.88. The summed E-state index contributed by atoms with van der Waals surface area (Å²) in [5, 5.41) is 2.18. The van der Waals surface area contributed by atoms with Gasteiger partial charge in [-0.3, -0.25) is 19.3 Å². The van der Waals surface area contributed by atoms with Gasteiger partial charge in [-0.05, 0) is 75.6 Å². The summed E-state index contributed by atoms with van der Waals surface area (Å²) in [5.41, 5.74) is 2.37. The van der Waals surface area contributed by atoms with E-state index >= 15 is 0 Å². The van der Waals surface area contributed by atoms with Gasteiger partial charge < -0.3 is 14.8 Å². The van der Waals surface area contributed by atoms with Crippen LogP contribution in [0.5, 0.6) is 5.75 Å². The lowest BCUT2D eigenvalue weighted by molar-refractivity contribution is -0.143. The number of hydrogen-bond acceptors (Lipinski definition) is 7. The van der Waals surface area contributed by atoms with Gasteiger partial charge in [0, 0.05) is 5.69 Å². The number of imide groups is 1. The molecule has 0 spiro atoms. The van der Waals surface area contributed by atoms with Gasteiger partial charge in [0.05, 0.1) is 16.5 Å². The zero-order chi connectivity index (χ0) is 24.0. The molecular weight excluding hydrogens is 512 g/mol. The number of nitrogens with zero attached hydrogens (tertiary/aromatic N) is 1. The standard InChI is InChI=1S/C23H21BrN2O6S/c1-3-14-4-7-16(8-5-14)25-20(27)12-26-22(29)19(33-23(26)30)11-15-6-9-18(17(24)10-15)32-13-21(28)31-2/h4-11H,3,12-13H2,1-2H3,(H,25,27)/b19-11+. The van der Waals surface area contributed by atoms with Crippen LogP contribution in [0.2, 0.25) is 0 Å². The largest absolute Gasteiger partial charge is 0.481 e. The van der Waals surface area contributed by atoms with Crippen LogP contribution < -0.4 is 10.1 Å². The number of anilines is 1. The van der Waals surface area contributed by atoms with E-state index in [1.807, 2.05) is 19.1 Å². The zero-order valence-corrected chi connectivity index (χ0v) is 20.3. The second-order valence-corrected chi connectivity index (χ2v) is 8.77. The first-order chi connectivity index (χ1) is 15.8. The monoisotopic (exact) mass is 532 g/mol. The smallest absolute Gasteiger partial charge is 0.343 e. The van der Waals surface area contributed by atoms with E-state index in [-0.39, 0.29) is 18.1 Å². The Bertz CT molecular complexity index is 1120. The summed E-state index contributed by atoms with van der Waals surface area (Å²) < 4.78 is 10.4. The molecule has 2 aromatic carbocycles. The molecule has 3 amide bonds. The molecule has 0 unspecified atom stereocenters. The number of carbonyl (C=O) groups excluding carboxylic acids is 4. The molecule has 0 saturated carbocycles. The van der Waals surface area contributed by atoms with Crippen molar-refractivity contribution in [1.82, 2.24) is 4.90 Å². The minimum Gasteiger partial charge on any atom is -0.481 e. The fraction of sp³-hybridized carbons (Fsp3) is 0.217. The Balaban J connectivity index is 1.64. The third kappa shape index (κ3) is 6.45. The minimum atomic E-state index is -0.538. The van der Waals surface area contributed by atoms with Crippen LogP contribution >= 0.6 is 27.7 Å². The normalized spacial score (nSPS) is 14.5. The second-order valence-electron chi connectivity index (χ2n) is 6.92. The van der Waals surface area contributed by atoms with Crippen LogP contribution in [0.25, 0.3) is 6.08 Å². The lowest BCUT2D eigenvalue weighted by atomic mass is 10.1. The number of halogens is 1. The molecule has 1 fully saturated rings. The molecule has 33 heavy (non-hydrogen) atoms. The molecule has 1 heterocycles. The van der Waals surface area contributed by atoms with Crippen molar-refractivity contribution in [1.29, 1.82) is 0 Å². The van der Waals surface area contributed by atoms with Crippen LogP contribution in [0.3, 0.4) is 0 Å². The Kier molecular flexibility index (Phi) is 8.29. The Morgan fingerprint density at radius 2 is 1.88 bits per heavy atom. The second kappa shape index (κ2) is 11.2. The van der Waals surface area contributed by atoms with E-state index < -0.39 is 23.0 Å². The van der Waals surface area contributed by atoms with Crippen LogP contribution in [0.4, 0.5) is 10.5 Å². The topological polar surface area (TPSA) is 102 Å². The summed E-state index contributed by atoms with van der Waals surface area (Å²) in [7, 11) is 1.27. The molecule has 3 rings (SSSR count). The predicted molar refractivity (Wildman–Crippen MR) is 129 cm³/mol. The van der Waals surface area contributed by atoms with Crippen LogP contribution in [-0.4, -0.2) is 48.2 Å². The van der Waals surface area contributed by atoms with Crippen molar-refractivity contribution < 1.29 is 28.7 Å². The molecular formula is C23H21BrN2O6S. The third-order valence-electron chi connectivity index (χ3n) is 4.65. The quantitative estimate of drug-likeness (QED) is 0.400. The number of benzene rings is 2. The number of methoxy groups -OCH3 is 1. The number of thioether (sulfide) groups is 1. The van der Waals surface area contributed by atoms with Gasteiger partial charge in [-0.2, -0.15) is 0 Å². The molecule has 0 atom stereocenters. The van der Waals surface area contributed by atoms with E-state index in [9.17, 15) is 19.2 Å². The lowest BCUT2D eigenvalue weighted by Gasteiger charge is -2.12. The first-order valence-electron chi connectivity index (χ1n) is 9.94. The molecule has 1 aliphatic heterocycles. The van der Waals surface area contributed by atoms with Crippen molar-refractivity contribution in [2.75, 3.05) is 25.6 Å². The molecule has 10 heteroatoms. The van der Waals surface area contributed by atoms with Gasteiger partial charge in [-0.1, -0.05) is 25.1 Å². The SMILES string of the molecule is CCc1ccc(NC(=O)CN2C(=O)S/C(=C/c3ccc(OCC(=O)OC)c(Br)c3)C2=O)cc1. The van der Waals surface area contributed by atoms with Crippen molar-refractivity contribution in [3.63, 3.8) is 0 Å². The Labute approximate surface area is 203 Å². The molecule has 8 nitrogen and oxygen atoms in total. The van der Waals surface area contributed by atoms with E-state index in [2.05, 4.69) is 26.0 Å².